The van der Waals surface area contributed by atoms with Crippen LogP contribution in [0.3, 0.4) is 0 Å². The summed E-state index contributed by atoms with van der Waals surface area (Å²) < 4.78 is 39.7. The van der Waals surface area contributed by atoms with Crippen LogP contribution >= 0.6 is 0 Å². The molecule has 0 bridgehead atoms. The van der Waals surface area contributed by atoms with E-state index in [4.69, 9.17) is 5.73 Å². The first-order valence-corrected chi connectivity index (χ1v) is 5.14. The van der Waals surface area contributed by atoms with E-state index in [0.717, 1.165) is 12.1 Å². The van der Waals surface area contributed by atoms with Crippen molar-refractivity contribution in [2.24, 2.45) is 5.73 Å². The summed E-state index contributed by atoms with van der Waals surface area (Å²) >= 11 is 0. The summed E-state index contributed by atoms with van der Waals surface area (Å²) in [5.74, 6) is -1.78. The molecule has 0 aliphatic carbocycles. The van der Waals surface area contributed by atoms with Crippen LogP contribution in [0.1, 0.15) is 5.56 Å². The van der Waals surface area contributed by atoms with Gasteiger partial charge in [-0.1, -0.05) is 12.1 Å². The maximum atomic E-state index is 12.0. The van der Waals surface area contributed by atoms with E-state index in [1.807, 2.05) is 0 Å². The van der Waals surface area contributed by atoms with Crippen LogP contribution in [0.15, 0.2) is 24.3 Å². The van der Waals surface area contributed by atoms with Crippen LogP contribution in [0.5, 0.6) is 5.75 Å². The Bertz CT molecular complexity index is 506. The van der Waals surface area contributed by atoms with Crippen molar-refractivity contribution in [3.8, 4) is 5.75 Å². The van der Waals surface area contributed by atoms with Crippen molar-refractivity contribution in [2.45, 2.75) is 18.8 Å². The van der Waals surface area contributed by atoms with Gasteiger partial charge in [0, 0.05) is 0 Å². The molecule has 0 spiro atoms. The molecule has 0 aliphatic rings. The van der Waals surface area contributed by atoms with Gasteiger partial charge >= 0.3 is 17.4 Å². The van der Waals surface area contributed by atoms with E-state index in [0.29, 0.717) is 0 Å². The summed E-state index contributed by atoms with van der Waals surface area (Å²) in [5.41, 5.74) is 5.57. The Labute approximate surface area is 110 Å². The highest BCUT2D eigenvalue weighted by Gasteiger charge is 2.31. The van der Waals surface area contributed by atoms with Gasteiger partial charge in [-0.15, -0.1) is 23.3 Å². The molecule has 0 unspecified atom stereocenters. The van der Waals surface area contributed by atoms with Gasteiger partial charge in [0.05, 0.1) is 6.04 Å². The van der Waals surface area contributed by atoms with Crippen LogP contribution < -0.4 is 10.5 Å². The smallest absolute Gasteiger partial charge is 0.406 e. The predicted octanol–water partition coefficient (Wildman–Crippen LogP) is 1.19. The SMILES string of the molecule is N[C@@H](Cc1cccc(OC(F)(F)F)c1)C(=O)O[N+](=O)[O-]. The Morgan fingerprint density at radius 3 is 2.65 bits per heavy atom. The van der Waals surface area contributed by atoms with Crippen molar-refractivity contribution in [2.75, 3.05) is 0 Å². The molecule has 1 atom stereocenters. The van der Waals surface area contributed by atoms with Gasteiger partial charge in [0.15, 0.2) is 0 Å². The normalized spacial score (nSPS) is 12.6. The van der Waals surface area contributed by atoms with E-state index < -0.39 is 29.2 Å². The summed E-state index contributed by atoms with van der Waals surface area (Å²) in [6.45, 7) is 0. The van der Waals surface area contributed by atoms with Gasteiger partial charge in [0.25, 0.3) is 0 Å². The number of ether oxygens (including phenoxy) is 1. The second-order valence-corrected chi connectivity index (χ2v) is 3.64. The minimum Gasteiger partial charge on any atom is -0.406 e. The second-order valence-electron chi connectivity index (χ2n) is 3.64. The lowest BCUT2D eigenvalue weighted by atomic mass is 10.1. The largest absolute Gasteiger partial charge is 0.573 e. The van der Waals surface area contributed by atoms with Crippen molar-refractivity contribution < 1.29 is 32.6 Å². The number of benzene rings is 1. The third kappa shape index (κ3) is 5.52. The summed E-state index contributed by atoms with van der Waals surface area (Å²) in [6, 6.07) is 3.37. The lowest BCUT2D eigenvalue weighted by molar-refractivity contribution is -0.729. The summed E-state index contributed by atoms with van der Waals surface area (Å²) in [7, 11) is 0. The van der Waals surface area contributed by atoms with Gasteiger partial charge in [-0.3, -0.25) is 4.79 Å². The Balaban J connectivity index is 2.71. The average Bonchev–Trinajstić information content (AvgIpc) is 2.25. The van der Waals surface area contributed by atoms with Crippen molar-refractivity contribution >= 4 is 5.97 Å². The molecule has 0 aromatic heterocycles. The van der Waals surface area contributed by atoms with Crippen LogP contribution in [0.2, 0.25) is 0 Å². The Hall–Kier alpha value is -2.36. The molecular formula is C10H9F3N2O5. The highest BCUT2D eigenvalue weighted by Crippen LogP contribution is 2.23. The highest BCUT2D eigenvalue weighted by atomic mass is 19.4. The van der Waals surface area contributed by atoms with Gasteiger partial charge in [-0.25, -0.2) is 4.84 Å². The molecule has 1 rings (SSSR count). The topological polar surface area (TPSA) is 105 Å². The number of halogens is 3. The predicted molar refractivity (Wildman–Crippen MR) is 57.9 cm³/mol. The third-order valence-corrected chi connectivity index (χ3v) is 2.05. The fourth-order valence-corrected chi connectivity index (χ4v) is 1.35. The van der Waals surface area contributed by atoms with Crippen molar-refractivity contribution in [1.29, 1.82) is 0 Å². The third-order valence-electron chi connectivity index (χ3n) is 2.05. The van der Waals surface area contributed by atoms with E-state index in [9.17, 15) is 28.1 Å². The van der Waals surface area contributed by atoms with Crippen molar-refractivity contribution in [3.63, 3.8) is 0 Å². The quantitative estimate of drug-likeness (QED) is 0.646. The molecule has 10 heteroatoms. The van der Waals surface area contributed by atoms with Gasteiger partial charge in [-0.05, 0) is 24.1 Å². The molecular weight excluding hydrogens is 285 g/mol. The summed E-state index contributed by atoms with van der Waals surface area (Å²) in [5, 5.41) is 8.63. The number of nitrogens with zero attached hydrogens (tertiary/aromatic N) is 1. The molecule has 1 aromatic carbocycles. The standard InChI is InChI=1S/C10H9F3N2O5/c11-10(12,13)19-7-3-1-2-6(4-7)5-8(14)9(16)20-15(17)18/h1-4,8H,5,14H2/t8-/m0/s1. The van der Waals surface area contributed by atoms with E-state index in [-0.39, 0.29) is 12.0 Å². The van der Waals surface area contributed by atoms with Gasteiger partial charge < -0.3 is 10.5 Å². The molecule has 0 fully saturated rings. The number of carbonyl (C=O) groups is 1. The zero-order chi connectivity index (χ0) is 15.3. The monoisotopic (exact) mass is 294 g/mol. The number of carbonyl (C=O) groups excluding carboxylic acids is 1. The molecule has 0 radical (unpaired) electrons. The summed E-state index contributed by atoms with van der Waals surface area (Å²) in [4.78, 5) is 24.7. The molecule has 20 heavy (non-hydrogen) atoms. The number of alkyl halides is 3. The van der Waals surface area contributed by atoms with Crippen LogP contribution in [-0.2, 0) is 16.1 Å². The van der Waals surface area contributed by atoms with Gasteiger partial charge in [0.2, 0.25) is 0 Å². The van der Waals surface area contributed by atoms with E-state index in [1.54, 1.807) is 0 Å². The fraction of sp³-hybridized carbons (Fsp3) is 0.300. The van der Waals surface area contributed by atoms with E-state index in [2.05, 4.69) is 9.57 Å². The lowest BCUT2D eigenvalue weighted by Crippen LogP contribution is -2.35. The molecule has 0 saturated carbocycles. The average molecular weight is 294 g/mol. The number of rotatable bonds is 5. The summed E-state index contributed by atoms with van der Waals surface area (Å²) in [6.07, 6.45) is -5.08. The van der Waals surface area contributed by atoms with Crippen molar-refractivity contribution in [1.82, 2.24) is 0 Å². The maximum absolute atomic E-state index is 12.0. The number of nitrogens with two attached hydrogens (primary N) is 1. The van der Waals surface area contributed by atoms with Crippen molar-refractivity contribution in [3.05, 3.63) is 39.9 Å². The molecule has 0 heterocycles. The first-order valence-electron chi connectivity index (χ1n) is 5.14. The molecule has 1 aromatic rings. The fourth-order valence-electron chi connectivity index (χ4n) is 1.35. The first-order chi connectivity index (χ1) is 9.17. The van der Waals surface area contributed by atoms with Crippen LogP contribution in [0.4, 0.5) is 13.2 Å². The molecule has 0 aliphatic heterocycles. The molecule has 0 saturated heterocycles. The van der Waals surface area contributed by atoms with Gasteiger partial charge in [0.1, 0.15) is 5.75 Å². The second kappa shape index (κ2) is 6.19. The Morgan fingerprint density at radius 2 is 2.10 bits per heavy atom. The number of hydrogen-bond donors (Lipinski definition) is 1. The maximum Gasteiger partial charge on any atom is 0.573 e. The zero-order valence-corrected chi connectivity index (χ0v) is 9.79. The molecule has 2 N–H and O–H groups in total. The Kier molecular flexibility index (Phi) is 4.86. The highest BCUT2D eigenvalue weighted by molar-refractivity contribution is 5.75. The molecule has 110 valence electrons. The zero-order valence-electron chi connectivity index (χ0n) is 9.79. The Morgan fingerprint density at radius 1 is 1.45 bits per heavy atom. The first kappa shape index (κ1) is 15.7. The minimum absolute atomic E-state index is 0.234. The van der Waals surface area contributed by atoms with Crippen LogP contribution in [0.25, 0.3) is 0 Å². The van der Waals surface area contributed by atoms with E-state index in [1.165, 1.54) is 12.1 Å². The molecule has 7 nitrogen and oxygen atoms in total. The lowest BCUT2D eigenvalue weighted by Gasteiger charge is -2.12. The number of hydrogen-bond acceptors (Lipinski definition) is 6. The van der Waals surface area contributed by atoms with Gasteiger partial charge in [-0.2, -0.15) is 0 Å². The minimum atomic E-state index is -4.84. The van der Waals surface area contributed by atoms with Crippen LogP contribution in [0, 0.1) is 10.1 Å². The van der Waals surface area contributed by atoms with Crippen LogP contribution in [-0.4, -0.2) is 23.5 Å². The molecule has 0 amide bonds. The van der Waals surface area contributed by atoms with E-state index >= 15 is 0 Å².